The van der Waals surface area contributed by atoms with Crippen LogP contribution in [0.15, 0.2) is 18.3 Å². The van der Waals surface area contributed by atoms with Gasteiger partial charge in [0.15, 0.2) is 0 Å². The number of pyridine rings is 1. The number of nitrogens with zero attached hydrogens (tertiary/aromatic N) is 1. The number of hydrogen-bond acceptors (Lipinski definition) is 3. The Morgan fingerprint density at radius 1 is 1.47 bits per heavy atom. The van der Waals surface area contributed by atoms with Gasteiger partial charge >= 0.3 is 0 Å². The molecule has 0 fully saturated rings. The molecular formula is C12H20N2O. The minimum Gasteiger partial charge on any atom is -0.374 e. The summed E-state index contributed by atoms with van der Waals surface area (Å²) in [6.07, 6.45) is 3.18. The van der Waals surface area contributed by atoms with Crippen LogP contribution >= 0.6 is 0 Å². The van der Waals surface area contributed by atoms with Crippen LogP contribution in [-0.2, 0) is 11.3 Å². The number of nitrogens with one attached hydrogen (secondary N) is 1. The molecule has 1 aromatic rings. The number of aromatic nitrogens is 1. The average molecular weight is 208 g/mol. The van der Waals surface area contributed by atoms with Crippen molar-refractivity contribution in [3.63, 3.8) is 0 Å². The first-order chi connectivity index (χ1) is 7.26. The molecular weight excluding hydrogens is 188 g/mol. The molecule has 0 saturated heterocycles. The summed E-state index contributed by atoms with van der Waals surface area (Å²) >= 11 is 0. The van der Waals surface area contributed by atoms with E-state index < -0.39 is 0 Å². The van der Waals surface area contributed by atoms with E-state index in [1.54, 1.807) is 0 Å². The van der Waals surface area contributed by atoms with Gasteiger partial charge in [0.05, 0.1) is 12.7 Å². The van der Waals surface area contributed by atoms with E-state index in [0.717, 1.165) is 18.8 Å². The monoisotopic (exact) mass is 208 g/mol. The fourth-order valence-electron chi connectivity index (χ4n) is 1.20. The molecule has 0 spiro atoms. The quantitative estimate of drug-likeness (QED) is 0.780. The number of anilines is 1. The highest BCUT2D eigenvalue weighted by Crippen LogP contribution is 2.09. The Hall–Kier alpha value is -1.09. The van der Waals surface area contributed by atoms with Crippen LogP contribution in [-0.4, -0.2) is 17.6 Å². The lowest BCUT2D eigenvalue weighted by Crippen LogP contribution is -2.06. The molecule has 1 N–H and O–H groups in total. The summed E-state index contributed by atoms with van der Waals surface area (Å²) in [6, 6.07) is 4.02. The minimum atomic E-state index is 0.320. The molecule has 1 rings (SSSR count). The van der Waals surface area contributed by atoms with Crippen LogP contribution in [0.4, 0.5) is 5.82 Å². The highest BCUT2D eigenvalue weighted by Gasteiger charge is 2.00. The maximum absolute atomic E-state index is 5.65. The topological polar surface area (TPSA) is 34.1 Å². The van der Waals surface area contributed by atoms with Crippen molar-refractivity contribution in [1.82, 2.24) is 4.98 Å². The zero-order valence-electron chi connectivity index (χ0n) is 9.79. The van der Waals surface area contributed by atoms with Crippen LogP contribution in [0.5, 0.6) is 0 Å². The number of hydrogen-bond donors (Lipinski definition) is 1. The Bertz CT molecular complexity index is 289. The molecule has 1 heterocycles. The Morgan fingerprint density at radius 2 is 2.27 bits per heavy atom. The third kappa shape index (κ3) is 4.30. The minimum absolute atomic E-state index is 0.320. The van der Waals surface area contributed by atoms with Gasteiger partial charge in [-0.05, 0) is 38.0 Å². The van der Waals surface area contributed by atoms with Crippen LogP contribution in [0, 0.1) is 0 Å². The second-order valence-corrected chi connectivity index (χ2v) is 3.61. The molecule has 1 atom stereocenters. The van der Waals surface area contributed by atoms with Gasteiger partial charge < -0.3 is 10.1 Å². The molecule has 3 nitrogen and oxygen atoms in total. The molecule has 15 heavy (non-hydrogen) atoms. The molecule has 0 radical (unpaired) electrons. The molecule has 0 bridgehead atoms. The lowest BCUT2D eigenvalue weighted by atomic mass is 10.2. The first-order valence-electron chi connectivity index (χ1n) is 5.56. The summed E-state index contributed by atoms with van der Waals surface area (Å²) in [6.45, 7) is 7.83. The third-order valence-corrected chi connectivity index (χ3v) is 2.29. The van der Waals surface area contributed by atoms with Crippen LogP contribution in [0.25, 0.3) is 0 Å². The Balaban J connectivity index is 2.50. The van der Waals surface area contributed by atoms with Gasteiger partial charge in [-0.3, -0.25) is 0 Å². The van der Waals surface area contributed by atoms with Gasteiger partial charge in [-0.15, -0.1) is 0 Å². The van der Waals surface area contributed by atoms with Crippen molar-refractivity contribution in [1.29, 1.82) is 0 Å². The fraction of sp³-hybridized carbons (Fsp3) is 0.583. The highest BCUT2D eigenvalue weighted by atomic mass is 16.5. The number of ether oxygens (including phenoxy) is 1. The Kier molecular flexibility index (Phi) is 5.12. The SMILES string of the molecule is CCNc1cc(COC(C)CC)ccn1. The zero-order chi connectivity index (χ0) is 11.1. The fourth-order valence-corrected chi connectivity index (χ4v) is 1.20. The van der Waals surface area contributed by atoms with Gasteiger partial charge in [-0.1, -0.05) is 6.92 Å². The predicted octanol–water partition coefficient (Wildman–Crippen LogP) is 2.83. The Labute approximate surface area is 91.9 Å². The maximum atomic E-state index is 5.65. The molecule has 0 aromatic carbocycles. The summed E-state index contributed by atoms with van der Waals surface area (Å²) in [5.41, 5.74) is 1.17. The van der Waals surface area contributed by atoms with Crippen molar-refractivity contribution in [2.75, 3.05) is 11.9 Å². The zero-order valence-corrected chi connectivity index (χ0v) is 9.79. The summed E-state index contributed by atoms with van der Waals surface area (Å²) in [5, 5.41) is 3.18. The molecule has 84 valence electrons. The van der Waals surface area contributed by atoms with E-state index in [2.05, 4.69) is 31.1 Å². The van der Waals surface area contributed by atoms with E-state index in [9.17, 15) is 0 Å². The summed E-state index contributed by atoms with van der Waals surface area (Å²) in [4.78, 5) is 4.21. The molecule has 1 aromatic heterocycles. The van der Waals surface area contributed by atoms with Gasteiger partial charge in [-0.2, -0.15) is 0 Å². The second-order valence-electron chi connectivity index (χ2n) is 3.61. The third-order valence-electron chi connectivity index (χ3n) is 2.29. The molecule has 3 heteroatoms. The van der Waals surface area contributed by atoms with Crippen molar-refractivity contribution >= 4 is 5.82 Å². The lowest BCUT2D eigenvalue weighted by molar-refractivity contribution is 0.0508. The summed E-state index contributed by atoms with van der Waals surface area (Å²) in [5.74, 6) is 0.919. The summed E-state index contributed by atoms with van der Waals surface area (Å²) < 4.78 is 5.65. The molecule has 0 aliphatic carbocycles. The van der Waals surface area contributed by atoms with Gasteiger partial charge in [-0.25, -0.2) is 4.98 Å². The van der Waals surface area contributed by atoms with Crippen LogP contribution < -0.4 is 5.32 Å². The van der Waals surface area contributed by atoms with Crippen molar-refractivity contribution in [2.24, 2.45) is 0 Å². The van der Waals surface area contributed by atoms with E-state index in [0.29, 0.717) is 12.7 Å². The molecule has 1 unspecified atom stereocenters. The van der Waals surface area contributed by atoms with Crippen molar-refractivity contribution < 1.29 is 4.74 Å². The first-order valence-corrected chi connectivity index (χ1v) is 5.56. The van der Waals surface area contributed by atoms with Crippen LogP contribution in [0.1, 0.15) is 32.8 Å². The smallest absolute Gasteiger partial charge is 0.126 e. The van der Waals surface area contributed by atoms with E-state index in [1.165, 1.54) is 5.56 Å². The van der Waals surface area contributed by atoms with Gasteiger partial charge in [0.1, 0.15) is 5.82 Å². The molecule has 0 aliphatic heterocycles. The lowest BCUT2D eigenvalue weighted by Gasteiger charge is -2.11. The molecule has 0 saturated carbocycles. The van der Waals surface area contributed by atoms with Crippen molar-refractivity contribution in [3.05, 3.63) is 23.9 Å². The highest BCUT2D eigenvalue weighted by molar-refractivity contribution is 5.36. The normalized spacial score (nSPS) is 12.5. The van der Waals surface area contributed by atoms with Gasteiger partial charge in [0, 0.05) is 12.7 Å². The molecule has 0 aliphatic rings. The molecule has 0 amide bonds. The van der Waals surface area contributed by atoms with Crippen LogP contribution in [0.2, 0.25) is 0 Å². The summed E-state index contributed by atoms with van der Waals surface area (Å²) in [7, 11) is 0. The second kappa shape index (κ2) is 6.40. The van der Waals surface area contributed by atoms with E-state index in [-0.39, 0.29) is 0 Å². The standard InChI is InChI=1S/C12H20N2O/c1-4-10(3)15-9-11-6-7-14-12(8-11)13-5-2/h6-8,10H,4-5,9H2,1-3H3,(H,13,14). The van der Waals surface area contributed by atoms with Crippen molar-refractivity contribution in [3.8, 4) is 0 Å². The average Bonchev–Trinajstić information content (AvgIpc) is 2.27. The first kappa shape index (κ1) is 12.0. The Morgan fingerprint density at radius 3 is 2.93 bits per heavy atom. The van der Waals surface area contributed by atoms with E-state index >= 15 is 0 Å². The predicted molar refractivity (Wildman–Crippen MR) is 62.9 cm³/mol. The van der Waals surface area contributed by atoms with Crippen molar-refractivity contribution in [2.45, 2.75) is 39.9 Å². The van der Waals surface area contributed by atoms with E-state index in [1.807, 2.05) is 18.3 Å². The number of rotatable bonds is 6. The van der Waals surface area contributed by atoms with Gasteiger partial charge in [0.25, 0.3) is 0 Å². The maximum Gasteiger partial charge on any atom is 0.126 e. The van der Waals surface area contributed by atoms with Crippen LogP contribution in [0.3, 0.4) is 0 Å². The van der Waals surface area contributed by atoms with Gasteiger partial charge in [0.2, 0.25) is 0 Å². The largest absolute Gasteiger partial charge is 0.374 e. The van der Waals surface area contributed by atoms with E-state index in [4.69, 9.17) is 4.74 Å².